The van der Waals surface area contributed by atoms with Crippen LogP contribution in [-0.2, 0) is 0 Å². The molecule has 0 spiro atoms. The Morgan fingerprint density at radius 3 is 1.55 bits per heavy atom. The van der Waals surface area contributed by atoms with Crippen LogP contribution in [0, 0.1) is 10.1 Å². The zero-order valence-electron chi connectivity index (χ0n) is 13.0. The quantitative estimate of drug-likeness (QED) is 0.309. The molecule has 5 heteroatoms. The van der Waals surface area contributed by atoms with Crippen molar-refractivity contribution in [3.8, 4) is 0 Å². The maximum absolute atomic E-state index is 11.0. The molecule has 0 fully saturated rings. The van der Waals surface area contributed by atoms with Gasteiger partial charge in [0.1, 0.15) is 12.2 Å². The molecule has 2 atom stereocenters. The summed E-state index contributed by atoms with van der Waals surface area (Å²) in [5.41, 5.74) is 0. The van der Waals surface area contributed by atoms with Gasteiger partial charge in [0, 0.05) is 4.92 Å². The van der Waals surface area contributed by atoms with Gasteiger partial charge in [0.15, 0.2) is 0 Å². The van der Waals surface area contributed by atoms with Crippen molar-refractivity contribution in [1.82, 2.24) is 0 Å². The first-order valence-electron chi connectivity index (χ1n) is 8.04. The summed E-state index contributed by atoms with van der Waals surface area (Å²) >= 11 is 0. The lowest BCUT2D eigenvalue weighted by molar-refractivity contribution is -0.546. The molecule has 2 unspecified atom stereocenters. The molecule has 0 rings (SSSR count). The summed E-state index contributed by atoms with van der Waals surface area (Å²) in [5.74, 6) is 0. The SMILES string of the molecule is CCCCCCC(O)C(C(O)CCCCCC)[N+](=O)[O-]. The lowest BCUT2D eigenvalue weighted by Crippen LogP contribution is -2.43. The maximum atomic E-state index is 11.0. The Balaban J connectivity index is 4.14. The van der Waals surface area contributed by atoms with E-state index in [1.165, 1.54) is 0 Å². The average Bonchev–Trinajstić information content (AvgIpc) is 2.39. The minimum absolute atomic E-state index is 0.400. The molecule has 0 amide bonds. The summed E-state index contributed by atoms with van der Waals surface area (Å²) in [6.45, 7) is 4.19. The fraction of sp³-hybridized carbons (Fsp3) is 1.00. The smallest absolute Gasteiger partial charge is 0.263 e. The Kier molecular flexibility index (Phi) is 11.7. The van der Waals surface area contributed by atoms with Gasteiger partial charge in [0.25, 0.3) is 6.04 Å². The molecular formula is C15H31NO4. The van der Waals surface area contributed by atoms with Crippen molar-refractivity contribution in [3.63, 3.8) is 0 Å². The summed E-state index contributed by atoms with van der Waals surface area (Å²) in [5, 5.41) is 30.9. The van der Waals surface area contributed by atoms with Gasteiger partial charge in [-0.05, 0) is 12.8 Å². The van der Waals surface area contributed by atoms with Crippen LogP contribution in [0.25, 0.3) is 0 Å². The summed E-state index contributed by atoms with van der Waals surface area (Å²) in [4.78, 5) is 10.5. The third-order valence-electron chi connectivity index (χ3n) is 3.74. The monoisotopic (exact) mass is 289 g/mol. The summed E-state index contributed by atoms with van der Waals surface area (Å²) < 4.78 is 0. The van der Waals surface area contributed by atoms with Crippen LogP contribution in [0.3, 0.4) is 0 Å². The molecule has 0 saturated heterocycles. The van der Waals surface area contributed by atoms with Gasteiger partial charge in [-0.2, -0.15) is 0 Å². The first-order chi connectivity index (χ1) is 9.54. The average molecular weight is 289 g/mol. The van der Waals surface area contributed by atoms with Crippen molar-refractivity contribution >= 4 is 0 Å². The summed E-state index contributed by atoms with van der Waals surface area (Å²) in [7, 11) is 0. The zero-order valence-corrected chi connectivity index (χ0v) is 13.0. The number of hydrogen-bond acceptors (Lipinski definition) is 4. The number of unbranched alkanes of at least 4 members (excludes halogenated alkanes) is 6. The molecule has 0 aliphatic carbocycles. The van der Waals surface area contributed by atoms with Crippen molar-refractivity contribution in [2.24, 2.45) is 0 Å². The predicted octanol–water partition coefficient (Wildman–Crippen LogP) is 3.29. The Morgan fingerprint density at radius 2 is 1.25 bits per heavy atom. The van der Waals surface area contributed by atoms with Crippen LogP contribution in [0.5, 0.6) is 0 Å². The molecule has 0 aliphatic rings. The molecule has 0 aliphatic heterocycles. The van der Waals surface area contributed by atoms with E-state index in [0.717, 1.165) is 51.4 Å². The summed E-state index contributed by atoms with van der Waals surface area (Å²) in [6.07, 6.45) is 6.58. The van der Waals surface area contributed by atoms with Gasteiger partial charge in [-0.15, -0.1) is 0 Å². The van der Waals surface area contributed by atoms with E-state index in [2.05, 4.69) is 13.8 Å². The number of aliphatic hydroxyl groups excluding tert-OH is 2. The van der Waals surface area contributed by atoms with Gasteiger partial charge in [0.05, 0.1) is 0 Å². The second kappa shape index (κ2) is 12.1. The van der Waals surface area contributed by atoms with Gasteiger partial charge < -0.3 is 10.2 Å². The molecule has 0 bridgehead atoms. The van der Waals surface area contributed by atoms with Gasteiger partial charge in [-0.3, -0.25) is 10.1 Å². The summed E-state index contributed by atoms with van der Waals surface area (Å²) in [6, 6.07) is -1.24. The van der Waals surface area contributed by atoms with E-state index in [9.17, 15) is 20.3 Å². The van der Waals surface area contributed by atoms with Gasteiger partial charge in [-0.25, -0.2) is 0 Å². The fourth-order valence-corrected chi connectivity index (χ4v) is 2.44. The first kappa shape index (κ1) is 19.3. The predicted molar refractivity (Wildman–Crippen MR) is 80.3 cm³/mol. The molecule has 0 radical (unpaired) electrons. The number of aliphatic hydroxyl groups is 2. The molecular weight excluding hydrogens is 258 g/mol. The molecule has 0 saturated carbocycles. The minimum atomic E-state index is -1.24. The van der Waals surface area contributed by atoms with Gasteiger partial charge in [-0.1, -0.05) is 65.2 Å². The van der Waals surface area contributed by atoms with Crippen LogP contribution in [0.15, 0.2) is 0 Å². The Hall–Kier alpha value is -0.680. The third-order valence-corrected chi connectivity index (χ3v) is 3.74. The van der Waals surface area contributed by atoms with Crippen molar-refractivity contribution in [2.75, 3.05) is 0 Å². The largest absolute Gasteiger partial charge is 0.386 e. The van der Waals surface area contributed by atoms with Crippen LogP contribution < -0.4 is 0 Å². The highest BCUT2D eigenvalue weighted by Crippen LogP contribution is 2.17. The van der Waals surface area contributed by atoms with Crippen LogP contribution >= 0.6 is 0 Å². The Labute approximate surface area is 122 Å². The molecule has 0 aromatic carbocycles. The van der Waals surface area contributed by atoms with Crippen LogP contribution in [0.1, 0.15) is 78.1 Å². The minimum Gasteiger partial charge on any atom is -0.386 e. The molecule has 5 nitrogen and oxygen atoms in total. The van der Waals surface area contributed by atoms with Crippen molar-refractivity contribution in [1.29, 1.82) is 0 Å². The third kappa shape index (κ3) is 8.48. The highest BCUT2D eigenvalue weighted by atomic mass is 16.6. The number of hydrogen-bond donors (Lipinski definition) is 2. The standard InChI is InChI=1S/C15H31NO4/c1-3-5-7-9-11-13(17)15(16(19)20)14(18)12-10-8-6-4-2/h13-15,17-18H,3-12H2,1-2H3. The molecule has 120 valence electrons. The van der Waals surface area contributed by atoms with E-state index < -0.39 is 23.2 Å². The van der Waals surface area contributed by atoms with Crippen molar-refractivity contribution in [3.05, 3.63) is 10.1 Å². The normalized spacial score (nSPS) is 15.8. The van der Waals surface area contributed by atoms with E-state index in [1.54, 1.807) is 0 Å². The molecule has 20 heavy (non-hydrogen) atoms. The van der Waals surface area contributed by atoms with E-state index in [4.69, 9.17) is 0 Å². The van der Waals surface area contributed by atoms with Crippen LogP contribution in [0.4, 0.5) is 0 Å². The lowest BCUT2D eigenvalue weighted by atomic mass is 9.96. The lowest BCUT2D eigenvalue weighted by Gasteiger charge is -2.20. The fourth-order valence-electron chi connectivity index (χ4n) is 2.44. The second-order valence-electron chi connectivity index (χ2n) is 5.61. The molecule has 0 heterocycles. The van der Waals surface area contributed by atoms with E-state index >= 15 is 0 Å². The second-order valence-corrected chi connectivity index (χ2v) is 5.61. The number of nitrogens with zero attached hydrogens (tertiary/aromatic N) is 1. The van der Waals surface area contributed by atoms with Crippen LogP contribution in [-0.4, -0.2) is 33.4 Å². The van der Waals surface area contributed by atoms with Crippen molar-refractivity contribution < 1.29 is 15.1 Å². The highest BCUT2D eigenvalue weighted by molar-refractivity contribution is 4.76. The zero-order chi connectivity index (χ0) is 15.4. The van der Waals surface area contributed by atoms with Gasteiger partial charge in [0.2, 0.25) is 0 Å². The van der Waals surface area contributed by atoms with Crippen molar-refractivity contribution in [2.45, 2.75) is 96.3 Å². The van der Waals surface area contributed by atoms with E-state index in [-0.39, 0.29) is 0 Å². The Morgan fingerprint density at radius 1 is 0.850 bits per heavy atom. The van der Waals surface area contributed by atoms with E-state index in [1.807, 2.05) is 0 Å². The molecule has 0 aromatic heterocycles. The van der Waals surface area contributed by atoms with E-state index in [0.29, 0.717) is 12.8 Å². The topological polar surface area (TPSA) is 83.6 Å². The van der Waals surface area contributed by atoms with Gasteiger partial charge >= 0.3 is 0 Å². The molecule has 0 aromatic rings. The number of rotatable bonds is 13. The highest BCUT2D eigenvalue weighted by Gasteiger charge is 2.36. The molecule has 2 N–H and O–H groups in total. The van der Waals surface area contributed by atoms with Crippen LogP contribution in [0.2, 0.25) is 0 Å². The Bertz CT molecular complexity index is 230. The number of nitro groups is 1. The maximum Gasteiger partial charge on any atom is 0.263 e. The first-order valence-corrected chi connectivity index (χ1v) is 8.04.